The van der Waals surface area contributed by atoms with Gasteiger partial charge in [0.2, 0.25) is 10.0 Å². The van der Waals surface area contributed by atoms with E-state index in [1.54, 1.807) is 16.8 Å². The summed E-state index contributed by atoms with van der Waals surface area (Å²) in [7, 11) is -3.93. The van der Waals surface area contributed by atoms with E-state index in [1.807, 2.05) is 20.8 Å². The average Bonchev–Trinajstić information content (AvgIpc) is 2.98. The molecule has 3 rings (SSSR count). The fraction of sp³-hybridized carbons (Fsp3) is 0.316. The van der Waals surface area contributed by atoms with Gasteiger partial charge in [-0.3, -0.25) is 0 Å². The summed E-state index contributed by atoms with van der Waals surface area (Å²) in [6.07, 6.45) is -4.52. The lowest BCUT2D eigenvalue weighted by Gasteiger charge is -2.10. The number of nitrogens with zero attached hydrogens (tertiary/aromatic N) is 4. The van der Waals surface area contributed by atoms with Gasteiger partial charge in [0.1, 0.15) is 5.82 Å². The van der Waals surface area contributed by atoms with Crippen LogP contribution in [0.2, 0.25) is 0 Å². The highest BCUT2D eigenvalue weighted by Gasteiger charge is 2.30. The maximum atomic E-state index is 12.6. The number of nitrogens with one attached hydrogen (secondary N) is 2. The molecular weight excluding hydrogens is 433 g/mol. The molecule has 0 radical (unpaired) electrons. The normalized spacial score (nSPS) is 12.2. The molecule has 0 saturated carbocycles. The van der Waals surface area contributed by atoms with Crippen molar-refractivity contribution in [3.05, 3.63) is 58.9 Å². The maximum absolute atomic E-state index is 12.6. The smallest absolute Gasteiger partial charge is 0.367 e. The van der Waals surface area contributed by atoms with E-state index in [0.717, 1.165) is 41.2 Å². The molecule has 31 heavy (non-hydrogen) atoms. The summed E-state index contributed by atoms with van der Waals surface area (Å²) in [4.78, 5) is -0.246. The summed E-state index contributed by atoms with van der Waals surface area (Å²) in [5.74, 6) is 0.998. The van der Waals surface area contributed by atoms with Gasteiger partial charge in [0.15, 0.2) is 5.82 Å². The standard InChI is InChI=1S/C19H21F3N6O2S/c1-12-13(2)27-28(14(12)3)18-9-8-17(25-26-18)23-10-11-24-31(29,30)16-6-4-15(5-7-16)19(20,21)22/h4-9,24H,10-11H2,1-3H3,(H,23,25). The Morgan fingerprint density at radius 1 is 0.968 bits per heavy atom. The van der Waals surface area contributed by atoms with Crippen LogP contribution in [0.5, 0.6) is 0 Å². The van der Waals surface area contributed by atoms with E-state index >= 15 is 0 Å². The molecule has 2 heterocycles. The second kappa shape index (κ2) is 8.63. The number of hydrogen-bond acceptors (Lipinski definition) is 6. The topological polar surface area (TPSA) is 102 Å². The summed E-state index contributed by atoms with van der Waals surface area (Å²) in [6.45, 7) is 6.03. The van der Waals surface area contributed by atoms with Crippen LogP contribution in [0, 0.1) is 20.8 Å². The Labute approximate surface area is 177 Å². The van der Waals surface area contributed by atoms with Gasteiger partial charge in [-0.15, -0.1) is 10.2 Å². The van der Waals surface area contributed by atoms with E-state index in [1.165, 1.54) is 0 Å². The zero-order chi connectivity index (χ0) is 22.8. The second-order valence-electron chi connectivity index (χ2n) is 6.83. The van der Waals surface area contributed by atoms with Crippen LogP contribution >= 0.6 is 0 Å². The summed E-state index contributed by atoms with van der Waals surface area (Å²) in [5, 5.41) is 15.5. The van der Waals surface area contributed by atoms with Gasteiger partial charge in [-0.25, -0.2) is 17.8 Å². The Morgan fingerprint density at radius 2 is 1.65 bits per heavy atom. The summed E-state index contributed by atoms with van der Waals surface area (Å²) in [6, 6.07) is 6.73. The van der Waals surface area contributed by atoms with Crippen LogP contribution in [-0.2, 0) is 16.2 Å². The van der Waals surface area contributed by atoms with Gasteiger partial charge in [0, 0.05) is 18.8 Å². The fourth-order valence-electron chi connectivity index (χ4n) is 2.76. The van der Waals surface area contributed by atoms with E-state index in [9.17, 15) is 21.6 Å². The molecular formula is C19H21F3N6O2S. The van der Waals surface area contributed by atoms with Gasteiger partial charge in [0.25, 0.3) is 0 Å². The van der Waals surface area contributed by atoms with Crippen molar-refractivity contribution < 1.29 is 21.6 Å². The Balaban J connectivity index is 1.55. The second-order valence-corrected chi connectivity index (χ2v) is 8.60. The van der Waals surface area contributed by atoms with Gasteiger partial charge in [-0.2, -0.15) is 18.3 Å². The van der Waals surface area contributed by atoms with E-state index in [-0.39, 0.29) is 18.0 Å². The molecule has 0 bridgehead atoms. The number of hydrogen-bond donors (Lipinski definition) is 2. The lowest BCUT2D eigenvalue weighted by molar-refractivity contribution is -0.137. The number of alkyl halides is 3. The first-order valence-corrected chi connectivity index (χ1v) is 10.7. The predicted octanol–water partition coefficient (Wildman–Crippen LogP) is 3.00. The van der Waals surface area contributed by atoms with Crippen LogP contribution in [0.3, 0.4) is 0 Å². The number of benzene rings is 1. The third-order valence-corrected chi connectivity index (χ3v) is 6.21. The molecule has 0 aliphatic heterocycles. The van der Waals surface area contributed by atoms with Crippen molar-refractivity contribution in [1.29, 1.82) is 0 Å². The highest BCUT2D eigenvalue weighted by molar-refractivity contribution is 7.89. The summed E-state index contributed by atoms with van der Waals surface area (Å²) in [5.41, 5.74) is 2.03. The molecule has 2 aromatic heterocycles. The van der Waals surface area contributed by atoms with Gasteiger partial charge in [-0.1, -0.05) is 0 Å². The van der Waals surface area contributed by atoms with Crippen molar-refractivity contribution in [2.75, 3.05) is 18.4 Å². The zero-order valence-electron chi connectivity index (χ0n) is 17.0. The van der Waals surface area contributed by atoms with Gasteiger partial charge in [-0.05, 0) is 62.7 Å². The quantitative estimate of drug-likeness (QED) is 0.532. The SMILES string of the molecule is Cc1nn(-c2ccc(NCCNS(=O)(=O)c3ccc(C(F)(F)F)cc3)nn2)c(C)c1C. The van der Waals surface area contributed by atoms with Crippen LogP contribution in [-0.4, -0.2) is 41.5 Å². The molecule has 166 valence electrons. The molecule has 2 N–H and O–H groups in total. The first-order chi connectivity index (χ1) is 14.5. The minimum atomic E-state index is -4.52. The molecule has 0 fully saturated rings. The molecule has 0 aliphatic carbocycles. The van der Waals surface area contributed by atoms with Gasteiger partial charge < -0.3 is 5.32 Å². The first-order valence-electron chi connectivity index (χ1n) is 9.27. The molecule has 0 aliphatic rings. The number of rotatable bonds is 7. The molecule has 0 amide bonds. The number of sulfonamides is 1. The highest BCUT2D eigenvalue weighted by Crippen LogP contribution is 2.29. The summed E-state index contributed by atoms with van der Waals surface area (Å²) < 4.78 is 66.2. The maximum Gasteiger partial charge on any atom is 0.416 e. The molecule has 3 aromatic rings. The van der Waals surface area contributed by atoms with E-state index in [4.69, 9.17) is 0 Å². The number of anilines is 1. The monoisotopic (exact) mass is 454 g/mol. The third kappa shape index (κ3) is 5.20. The molecule has 12 heteroatoms. The van der Waals surface area contributed by atoms with Crippen molar-refractivity contribution in [2.24, 2.45) is 0 Å². The summed E-state index contributed by atoms with van der Waals surface area (Å²) >= 11 is 0. The van der Waals surface area contributed by atoms with Crippen molar-refractivity contribution in [3.63, 3.8) is 0 Å². The van der Waals surface area contributed by atoms with Crippen molar-refractivity contribution >= 4 is 15.8 Å². The zero-order valence-corrected chi connectivity index (χ0v) is 17.8. The molecule has 8 nitrogen and oxygen atoms in total. The van der Waals surface area contributed by atoms with E-state index < -0.39 is 21.8 Å². The van der Waals surface area contributed by atoms with Crippen LogP contribution in [0.4, 0.5) is 19.0 Å². The molecule has 0 spiro atoms. The Bertz CT molecular complexity index is 1160. The number of halogens is 3. The Hall–Kier alpha value is -2.99. The van der Waals surface area contributed by atoms with E-state index in [0.29, 0.717) is 11.6 Å². The molecule has 0 saturated heterocycles. The van der Waals surface area contributed by atoms with Crippen LogP contribution in [0.25, 0.3) is 5.82 Å². The minimum absolute atomic E-state index is 0.00341. The van der Waals surface area contributed by atoms with E-state index in [2.05, 4.69) is 25.3 Å². The number of aromatic nitrogens is 4. The van der Waals surface area contributed by atoms with Crippen molar-refractivity contribution in [1.82, 2.24) is 24.7 Å². The van der Waals surface area contributed by atoms with Gasteiger partial charge >= 0.3 is 6.18 Å². The largest absolute Gasteiger partial charge is 0.416 e. The van der Waals surface area contributed by atoms with Crippen molar-refractivity contribution in [3.8, 4) is 5.82 Å². The third-order valence-electron chi connectivity index (χ3n) is 4.74. The number of aryl methyl sites for hydroxylation is 1. The van der Waals surface area contributed by atoms with Crippen LogP contribution < -0.4 is 10.0 Å². The predicted molar refractivity (Wildman–Crippen MR) is 108 cm³/mol. The molecule has 1 aromatic carbocycles. The average molecular weight is 454 g/mol. The molecule has 0 unspecified atom stereocenters. The van der Waals surface area contributed by atoms with Crippen LogP contribution in [0.15, 0.2) is 41.3 Å². The minimum Gasteiger partial charge on any atom is -0.367 e. The fourth-order valence-corrected chi connectivity index (χ4v) is 3.79. The lowest BCUT2D eigenvalue weighted by Crippen LogP contribution is -2.29. The highest BCUT2D eigenvalue weighted by atomic mass is 32.2. The molecule has 0 atom stereocenters. The van der Waals surface area contributed by atoms with Crippen molar-refractivity contribution in [2.45, 2.75) is 31.8 Å². The van der Waals surface area contributed by atoms with Crippen LogP contribution in [0.1, 0.15) is 22.5 Å². The Morgan fingerprint density at radius 3 is 2.16 bits per heavy atom. The lowest BCUT2D eigenvalue weighted by atomic mass is 10.2. The Kier molecular flexibility index (Phi) is 6.32. The first kappa shape index (κ1) is 22.7. The van der Waals surface area contributed by atoms with Gasteiger partial charge in [0.05, 0.1) is 16.2 Å².